The van der Waals surface area contributed by atoms with Gasteiger partial charge in [0.1, 0.15) is 6.61 Å². The van der Waals surface area contributed by atoms with E-state index in [1.165, 1.54) is 11.3 Å². The first-order valence-corrected chi connectivity index (χ1v) is 12.4. The second-order valence-corrected chi connectivity index (χ2v) is 8.84. The summed E-state index contributed by atoms with van der Waals surface area (Å²) >= 11 is 1.26. The summed E-state index contributed by atoms with van der Waals surface area (Å²) < 4.78 is 19.0. The highest BCUT2D eigenvalue weighted by Gasteiger charge is 2.34. The molecule has 1 aliphatic heterocycles. The van der Waals surface area contributed by atoms with Crippen LogP contribution in [-0.2, 0) is 9.53 Å². The van der Waals surface area contributed by atoms with Crippen LogP contribution in [0.5, 0.6) is 11.5 Å². The highest BCUT2D eigenvalue weighted by molar-refractivity contribution is 7.07. The summed E-state index contributed by atoms with van der Waals surface area (Å²) in [6, 6.07) is 8.32. The molecule has 3 aromatic rings. The molecule has 2 aromatic heterocycles. The SMILES string of the molecule is C=CCOc1ccc([C@H]2C(C(=O)OCC)=C(C)N=c3sc(=Cc4cccnc4)c(=O)n32)cc1OCC. The number of carbonyl (C=O) groups excluding carboxylic acids is 1. The number of thiazole rings is 1. The Morgan fingerprint density at radius 1 is 1.19 bits per heavy atom. The molecule has 0 unspecified atom stereocenters. The number of fused-ring (bicyclic) bond motifs is 1. The van der Waals surface area contributed by atoms with E-state index in [4.69, 9.17) is 14.2 Å². The van der Waals surface area contributed by atoms with Crippen molar-refractivity contribution in [3.63, 3.8) is 0 Å². The second-order valence-electron chi connectivity index (χ2n) is 7.83. The van der Waals surface area contributed by atoms with Crippen molar-refractivity contribution in [1.29, 1.82) is 0 Å². The zero-order chi connectivity index (χ0) is 25.7. The van der Waals surface area contributed by atoms with Crippen molar-refractivity contribution in [3.05, 3.63) is 97.5 Å². The molecule has 0 bridgehead atoms. The number of pyridine rings is 1. The van der Waals surface area contributed by atoms with E-state index in [1.54, 1.807) is 61.2 Å². The van der Waals surface area contributed by atoms with E-state index in [0.717, 1.165) is 5.56 Å². The van der Waals surface area contributed by atoms with Crippen molar-refractivity contribution in [2.45, 2.75) is 26.8 Å². The van der Waals surface area contributed by atoms with Gasteiger partial charge in [-0.25, -0.2) is 9.79 Å². The van der Waals surface area contributed by atoms with E-state index in [9.17, 15) is 9.59 Å². The minimum Gasteiger partial charge on any atom is -0.490 e. The molecular formula is C27H27N3O5S. The lowest BCUT2D eigenvalue weighted by molar-refractivity contribution is -0.139. The van der Waals surface area contributed by atoms with Gasteiger partial charge in [0.25, 0.3) is 5.56 Å². The summed E-state index contributed by atoms with van der Waals surface area (Å²) in [6.07, 6.45) is 6.78. The van der Waals surface area contributed by atoms with E-state index in [2.05, 4.69) is 16.6 Å². The van der Waals surface area contributed by atoms with E-state index in [0.29, 0.717) is 50.9 Å². The number of hydrogen-bond donors (Lipinski definition) is 0. The van der Waals surface area contributed by atoms with Crippen molar-refractivity contribution in [2.75, 3.05) is 19.8 Å². The molecule has 0 aliphatic carbocycles. The van der Waals surface area contributed by atoms with Gasteiger partial charge in [-0.3, -0.25) is 14.3 Å². The molecule has 186 valence electrons. The Labute approximate surface area is 212 Å². The Kier molecular flexibility index (Phi) is 7.80. The van der Waals surface area contributed by atoms with Crippen LogP contribution in [0.4, 0.5) is 0 Å². The summed E-state index contributed by atoms with van der Waals surface area (Å²) in [5, 5.41) is 0. The molecule has 1 aromatic carbocycles. The quantitative estimate of drug-likeness (QED) is 0.328. The van der Waals surface area contributed by atoms with Crippen LogP contribution in [0.15, 0.2) is 76.4 Å². The first kappa shape index (κ1) is 25.1. The zero-order valence-electron chi connectivity index (χ0n) is 20.4. The second kappa shape index (κ2) is 11.2. The van der Waals surface area contributed by atoms with Crippen molar-refractivity contribution in [2.24, 2.45) is 4.99 Å². The average molecular weight is 506 g/mol. The van der Waals surface area contributed by atoms with E-state index >= 15 is 0 Å². The molecule has 8 nitrogen and oxygen atoms in total. The Morgan fingerprint density at radius 3 is 2.72 bits per heavy atom. The fourth-order valence-corrected chi connectivity index (χ4v) is 5.00. The van der Waals surface area contributed by atoms with E-state index in [-0.39, 0.29) is 12.2 Å². The van der Waals surface area contributed by atoms with Crippen LogP contribution < -0.4 is 24.4 Å². The number of hydrogen-bond acceptors (Lipinski definition) is 8. The fourth-order valence-electron chi connectivity index (χ4n) is 3.95. The highest BCUT2D eigenvalue weighted by Crippen LogP contribution is 2.36. The van der Waals surface area contributed by atoms with Gasteiger partial charge in [-0.1, -0.05) is 36.1 Å². The number of nitrogens with zero attached hydrogens (tertiary/aromatic N) is 3. The summed E-state index contributed by atoms with van der Waals surface area (Å²) in [7, 11) is 0. The highest BCUT2D eigenvalue weighted by atomic mass is 32.1. The molecule has 0 N–H and O–H groups in total. The first-order chi connectivity index (χ1) is 17.5. The fraction of sp³-hybridized carbons (Fsp3) is 0.259. The lowest BCUT2D eigenvalue weighted by Gasteiger charge is -2.25. The summed E-state index contributed by atoms with van der Waals surface area (Å²) in [4.78, 5) is 36.0. The Morgan fingerprint density at radius 2 is 2.03 bits per heavy atom. The molecule has 0 saturated carbocycles. The van der Waals surface area contributed by atoms with Crippen molar-refractivity contribution < 1.29 is 19.0 Å². The average Bonchev–Trinajstić information content (AvgIpc) is 3.17. The van der Waals surface area contributed by atoms with E-state index < -0.39 is 12.0 Å². The largest absolute Gasteiger partial charge is 0.490 e. The summed E-state index contributed by atoms with van der Waals surface area (Å²) in [5.41, 5.74) is 2.02. The van der Waals surface area contributed by atoms with Gasteiger partial charge in [0.15, 0.2) is 16.3 Å². The molecule has 1 aliphatic rings. The van der Waals surface area contributed by atoms with Crippen LogP contribution in [0.25, 0.3) is 6.08 Å². The number of carbonyl (C=O) groups is 1. The van der Waals surface area contributed by atoms with E-state index in [1.807, 2.05) is 19.1 Å². The maximum absolute atomic E-state index is 13.7. The van der Waals surface area contributed by atoms with Gasteiger partial charge in [-0.05, 0) is 56.2 Å². The number of allylic oxidation sites excluding steroid dienone is 1. The molecule has 0 spiro atoms. The maximum atomic E-state index is 13.7. The number of aromatic nitrogens is 2. The van der Waals surface area contributed by atoms with Gasteiger partial charge in [-0.15, -0.1) is 0 Å². The molecule has 3 heterocycles. The lowest BCUT2D eigenvalue weighted by Crippen LogP contribution is -2.40. The zero-order valence-corrected chi connectivity index (χ0v) is 21.2. The third kappa shape index (κ3) is 5.01. The predicted molar refractivity (Wildman–Crippen MR) is 138 cm³/mol. The molecule has 4 rings (SSSR count). The minimum atomic E-state index is -0.746. The van der Waals surface area contributed by atoms with Crippen LogP contribution in [-0.4, -0.2) is 35.3 Å². The molecule has 1 atom stereocenters. The summed E-state index contributed by atoms with van der Waals surface area (Å²) in [6.45, 7) is 9.99. The Hall–Kier alpha value is -3.98. The lowest BCUT2D eigenvalue weighted by atomic mass is 9.95. The topological polar surface area (TPSA) is 92.0 Å². The Bertz CT molecular complexity index is 1490. The van der Waals surface area contributed by atoms with Crippen molar-refractivity contribution >= 4 is 23.4 Å². The number of rotatable bonds is 9. The first-order valence-electron chi connectivity index (χ1n) is 11.6. The normalized spacial score (nSPS) is 15.2. The molecule has 0 fully saturated rings. The maximum Gasteiger partial charge on any atom is 0.338 e. The van der Waals surface area contributed by atoms with Crippen LogP contribution in [0.3, 0.4) is 0 Å². The van der Waals surface area contributed by atoms with Crippen LogP contribution in [0.1, 0.15) is 37.9 Å². The molecule has 0 saturated heterocycles. The minimum absolute atomic E-state index is 0.201. The van der Waals surface area contributed by atoms with Gasteiger partial charge in [0, 0.05) is 12.4 Å². The van der Waals surface area contributed by atoms with Gasteiger partial charge in [0.05, 0.1) is 35.1 Å². The molecule has 9 heteroatoms. The number of esters is 1. The summed E-state index contributed by atoms with van der Waals surface area (Å²) in [5.74, 6) is 0.533. The number of ether oxygens (including phenoxy) is 3. The van der Waals surface area contributed by atoms with Gasteiger partial charge >= 0.3 is 5.97 Å². The van der Waals surface area contributed by atoms with Gasteiger partial charge in [-0.2, -0.15) is 0 Å². The van der Waals surface area contributed by atoms with Crippen LogP contribution >= 0.6 is 11.3 Å². The van der Waals surface area contributed by atoms with Gasteiger partial charge < -0.3 is 14.2 Å². The molecule has 0 amide bonds. The molecular weight excluding hydrogens is 478 g/mol. The molecule has 0 radical (unpaired) electrons. The van der Waals surface area contributed by atoms with Crippen molar-refractivity contribution in [3.8, 4) is 11.5 Å². The predicted octanol–water partition coefficient (Wildman–Crippen LogP) is 3.16. The van der Waals surface area contributed by atoms with Crippen LogP contribution in [0.2, 0.25) is 0 Å². The van der Waals surface area contributed by atoms with Crippen molar-refractivity contribution in [1.82, 2.24) is 9.55 Å². The standard InChI is InChI=1S/C27H27N3O5S/c1-5-13-35-20-11-10-19(15-21(20)33-6-2)24-23(26(32)34-7-3)17(4)29-27-30(24)25(31)22(36-27)14-18-9-8-12-28-16-18/h5,8-12,14-16,24H,1,6-7,13H2,2-4H3/t24-/m0/s1. The van der Waals surface area contributed by atoms with Crippen LogP contribution in [0, 0.1) is 0 Å². The Balaban J connectivity index is 1.94. The van der Waals surface area contributed by atoms with Gasteiger partial charge in [0.2, 0.25) is 0 Å². The monoisotopic (exact) mass is 505 g/mol. The number of benzene rings is 1. The smallest absolute Gasteiger partial charge is 0.338 e. The third-order valence-corrected chi connectivity index (χ3v) is 6.42. The third-order valence-electron chi connectivity index (χ3n) is 5.44. The molecule has 36 heavy (non-hydrogen) atoms.